The van der Waals surface area contributed by atoms with Gasteiger partial charge in [0, 0.05) is 31.6 Å². The molecule has 0 aliphatic rings. The Morgan fingerprint density at radius 2 is 1.95 bits per heavy atom. The number of anilines is 1. The SMILES string of the molecule is COc1cccc(N(C)C(=O)CCCCC(=O)O)c1. The first kappa shape index (κ1) is 15.0. The Morgan fingerprint density at radius 1 is 1.26 bits per heavy atom. The summed E-state index contributed by atoms with van der Waals surface area (Å²) in [4.78, 5) is 23.8. The number of carboxylic acid groups (broad SMARTS) is 1. The first-order valence-electron chi connectivity index (χ1n) is 6.17. The predicted molar refractivity (Wildman–Crippen MR) is 72.5 cm³/mol. The number of ether oxygens (including phenoxy) is 1. The average Bonchev–Trinajstić information content (AvgIpc) is 2.42. The van der Waals surface area contributed by atoms with Crippen molar-refractivity contribution in [3.63, 3.8) is 0 Å². The second kappa shape index (κ2) is 7.41. The second-order valence-electron chi connectivity index (χ2n) is 4.26. The van der Waals surface area contributed by atoms with Gasteiger partial charge in [-0.15, -0.1) is 0 Å². The highest BCUT2D eigenvalue weighted by Crippen LogP contribution is 2.20. The molecule has 0 spiro atoms. The minimum Gasteiger partial charge on any atom is -0.497 e. The molecule has 0 bridgehead atoms. The molecule has 5 heteroatoms. The van der Waals surface area contributed by atoms with Crippen LogP contribution in [0.4, 0.5) is 5.69 Å². The van der Waals surface area contributed by atoms with E-state index in [4.69, 9.17) is 9.84 Å². The van der Waals surface area contributed by atoms with Crippen LogP contribution in [0.3, 0.4) is 0 Å². The number of rotatable bonds is 7. The minimum absolute atomic E-state index is 0.0290. The summed E-state index contributed by atoms with van der Waals surface area (Å²) in [7, 11) is 3.28. The van der Waals surface area contributed by atoms with E-state index in [1.54, 1.807) is 25.1 Å². The number of amides is 1. The summed E-state index contributed by atoms with van der Waals surface area (Å²) in [6, 6.07) is 7.25. The van der Waals surface area contributed by atoms with E-state index in [0.717, 1.165) is 5.69 Å². The molecular formula is C14H19NO4. The molecule has 0 fully saturated rings. The molecule has 1 aromatic carbocycles. The Balaban J connectivity index is 2.49. The third kappa shape index (κ3) is 4.99. The molecule has 0 radical (unpaired) electrons. The quantitative estimate of drug-likeness (QED) is 0.768. The molecule has 1 N–H and O–H groups in total. The average molecular weight is 265 g/mol. The molecule has 0 saturated heterocycles. The number of aliphatic carboxylic acids is 1. The molecule has 0 aliphatic carbocycles. The Kier molecular flexibility index (Phi) is 5.85. The predicted octanol–water partition coefficient (Wildman–Crippen LogP) is 2.30. The van der Waals surface area contributed by atoms with Crippen LogP contribution in [-0.2, 0) is 9.59 Å². The van der Waals surface area contributed by atoms with Crippen molar-refractivity contribution in [3.05, 3.63) is 24.3 Å². The van der Waals surface area contributed by atoms with Crippen molar-refractivity contribution >= 4 is 17.6 Å². The first-order valence-corrected chi connectivity index (χ1v) is 6.17. The van der Waals surface area contributed by atoms with E-state index in [9.17, 15) is 9.59 Å². The van der Waals surface area contributed by atoms with Crippen LogP contribution in [0.25, 0.3) is 0 Å². The lowest BCUT2D eigenvalue weighted by atomic mass is 10.1. The van der Waals surface area contributed by atoms with Crippen LogP contribution >= 0.6 is 0 Å². The molecule has 0 aromatic heterocycles. The number of carbonyl (C=O) groups excluding carboxylic acids is 1. The van der Waals surface area contributed by atoms with Crippen molar-refractivity contribution in [2.75, 3.05) is 19.1 Å². The minimum atomic E-state index is -0.825. The van der Waals surface area contributed by atoms with Gasteiger partial charge in [0.1, 0.15) is 5.75 Å². The maximum Gasteiger partial charge on any atom is 0.303 e. The fraction of sp³-hybridized carbons (Fsp3) is 0.429. The monoisotopic (exact) mass is 265 g/mol. The maximum absolute atomic E-state index is 11.9. The van der Waals surface area contributed by atoms with Crippen molar-refractivity contribution in [2.45, 2.75) is 25.7 Å². The topological polar surface area (TPSA) is 66.8 Å². The highest BCUT2D eigenvalue weighted by Gasteiger charge is 2.11. The number of nitrogens with zero attached hydrogens (tertiary/aromatic N) is 1. The van der Waals surface area contributed by atoms with Gasteiger partial charge in [0.25, 0.3) is 0 Å². The van der Waals surface area contributed by atoms with Crippen molar-refractivity contribution in [1.82, 2.24) is 0 Å². The third-order valence-electron chi connectivity index (χ3n) is 2.85. The Bertz CT molecular complexity index is 445. The van der Waals surface area contributed by atoms with Gasteiger partial charge in [-0.2, -0.15) is 0 Å². The van der Waals surface area contributed by atoms with E-state index in [1.165, 1.54) is 0 Å². The Hall–Kier alpha value is -2.04. The van der Waals surface area contributed by atoms with Crippen LogP contribution in [0.5, 0.6) is 5.75 Å². The maximum atomic E-state index is 11.9. The fourth-order valence-corrected chi connectivity index (χ4v) is 1.68. The lowest BCUT2D eigenvalue weighted by Gasteiger charge is -2.17. The molecule has 0 unspecified atom stereocenters. The van der Waals surface area contributed by atoms with Gasteiger partial charge in [-0.05, 0) is 25.0 Å². The van der Waals surface area contributed by atoms with Crippen molar-refractivity contribution in [3.8, 4) is 5.75 Å². The molecule has 0 saturated carbocycles. The van der Waals surface area contributed by atoms with Crippen molar-refractivity contribution < 1.29 is 19.4 Å². The van der Waals surface area contributed by atoms with E-state index in [1.807, 2.05) is 18.2 Å². The van der Waals surface area contributed by atoms with Gasteiger partial charge in [-0.25, -0.2) is 0 Å². The van der Waals surface area contributed by atoms with Gasteiger partial charge in [0.05, 0.1) is 7.11 Å². The summed E-state index contributed by atoms with van der Waals surface area (Å²) < 4.78 is 5.11. The fourth-order valence-electron chi connectivity index (χ4n) is 1.68. The molecule has 1 amide bonds. The number of methoxy groups -OCH3 is 1. The van der Waals surface area contributed by atoms with Crippen LogP contribution in [0, 0.1) is 0 Å². The molecule has 5 nitrogen and oxygen atoms in total. The molecule has 0 heterocycles. The van der Waals surface area contributed by atoms with E-state index >= 15 is 0 Å². The van der Waals surface area contributed by atoms with Gasteiger partial charge >= 0.3 is 5.97 Å². The van der Waals surface area contributed by atoms with Gasteiger partial charge in [-0.3, -0.25) is 9.59 Å². The van der Waals surface area contributed by atoms with Gasteiger partial charge < -0.3 is 14.7 Å². The summed E-state index contributed by atoms with van der Waals surface area (Å²) in [5, 5.41) is 8.51. The highest BCUT2D eigenvalue weighted by molar-refractivity contribution is 5.92. The summed E-state index contributed by atoms with van der Waals surface area (Å²) in [6.07, 6.45) is 1.56. The molecule has 1 rings (SSSR count). The summed E-state index contributed by atoms with van der Waals surface area (Å²) in [5.74, 6) is -0.157. The number of hydrogen-bond donors (Lipinski definition) is 1. The first-order chi connectivity index (χ1) is 9.04. The molecule has 19 heavy (non-hydrogen) atoms. The van der Waals surface area contributed by atoms with E-state index in [0.29, 0.717) is 25.0 Å². The van der Waals surface area contributed by atoms with Gasteiger partial charge in [0.15, 0.2) is 0 Å². The van der Waals surface area contributed by atoms with E-state index in [-0.39, 0.29) is 12.3 Å². The number of unbranched alkanes of at least 4 members (excludes halogenated alkanes) is 1. The van der Waals surface area contributed by atoms with Crippen LogP contribution in [-0.4, -0.2) is 31.1 Å². The van der Waals surface area contributed by atoms with Gasteiger partial charge in [0.2, 0.25) is 5.91 Å². The normalized spacial score (nSPS) is 10.0. The smallest absolute Gasteiger partial charge is 0.303 e. The second-order valence-corrected chi connectivity index (χ2v) is 4.26. The Labute approximate surface area is 112 Å². The van der Waals surface area contributed by atoms with Crippen LogP contribution in [0.2, 0.25) is 0 Å². The number of hydrogen-bond acceptors (Lipinski definition) is 3. The lowest BCUT2D eigenvalue weighted by Crippen LogP contribution is -2.25. The van der Waals surface area contributed by atoms with Crippen LogP contribution in [0.1, 0.15) is 25.7 Å². The lowest BCUT2D eigenvalue weighted by molar-refractivity contribution is -0.137. The number of carboxylic acids is 1. The zero-order chi connectivity index (χ0) is 14.3. The van der Waals surface area contributed by atoms with E-state index < -0.39 is 5.97 Å². The number of benzene rings is 1. The molecular weight excluding hydrogens is 246 g/mol. The molecule has 1 aromatic rings. The summed E-state index contributed by atoms with van der Waals surface area (Å²) in [6.45, 7) is 0. The van der Waals surface area contributed by atoms with E-state index in [2.05, 4.69) is 0 Å². The third-order valence-corrected chi connectivity index (χ3v) is 2.85. The van der Waals surface area contributed by atoms with Crippen LogP contribution in [0.15, 0.2) is 24.3 Å². The molecule has 0 aliphatic heterocycles. The van der Waals surface area contributed by atoms with Gasteiger partial charge in [-0.1, -0.05) is 6.07 Å². The highest BCUT2D eigenvalue weighted by atomic mass is 16.5. The zero-order valence-electron chi connectivity index (χ0n) is 11.3. The standard InChI is InChI=1S/C14H19NO4/c1-15(11-6-5-7-12(10-11)19-2)13(16)8-3-4-9-14(17)18/h5-7,10H,3-4,8-9H2,1-2H3,(H,17,18). The summed E-state index contributed by atoms with van der Waals surface area (Å²) >= 11 is 0. The van der Waals surface area contributed by atoms with Crippen molar-refractivity contribution in [2.24, 2.45) is 0 Å². The molecule has 0 atom stereocenters. The largest absolute Gasteiger partial charge is 0.497 e. The molecule has 104 valence electrons. The number of carbonyl (C=O) groups is 2. The zero-order valence-corrected chi connectivity index (χ0v) is 11.3. The van der Waals surface area contributed by atoms with Crippen LogP contribution < -0.4 is 9.64 Å². The van der Waals surface area contributed by atoms with Crippen molar-refractivity contribution in [1.29, 1.82) is 0 Å². The Morgan fingerprint density at radius 3 is 2.58 bits per heavy atom. The summed E-state index contributed by atoms with van der Waals surface area (Å²) in [5.41, 5.74) is 0.766.